The first kappa shape index (κ1) is 34.3. The molecule has 0 saturated heterocycles. The molecule has 0 aliphatic rings. The van der Waals surface area contributed by atoms with Gasteiger partial charge in [0.05, 0.1) is 5.41 Å². The van der Waals surface area contributed by atoms with E-state index in [1.54, 1.807) is 6.08 Å². The van der Waals surface area contributed by atoms with Crippen molar-refractivity contribution in [3.05, 3.63) is 11.5 Å². The van der Waals surface area contributed by atoms with Gasteiger partial charge in [0.2, 0.25) is 0 Å². The molecule has 0 radical (unpaired) electrons. The summed E-state index contributed by atoms with van der Waals surface area (Å²) in [6.07, 6.45) is 26.6. The van der Waals surface area contributed by atoms with Crippen LogP contribution in [0.3, 0.4) is 0 Å². The van der Waals surface area contributed by atoms with Gasteiger partial charge in [0.15, 0.2) is 0 Å². The molecule has 0 amide bonds. The van der Waals surface area contributed by atoms with E-state index in [2.05, 4.69) is 6.92 Å². The van der Waals surface area contributed by atoms with E-state index in [-0.39, 0.29) is 59.1 Å². The van der Waals surface area contributed by atoms with Gasteiger partial charge in [-0.15, -0.1) is 0 Å². The summed E-state index contributed by atoms with van der Waals surface area (Å²) in [7, 11) is -3.93. The quantitative estimate of drug-likeness (QED) is 0.134. The number of hydrogen-bond acceptors (Lipinski definition) is 2. The average Bonchev–Trinajstić information content (AvgIpc) is 2.59. The second-order valence-electron chi connectivity index (χ2n) is 7.69. The van der Waals surface area contributed by atoms with E-state index in [4.69, 9.17) is 4.55 Å². The van der Waals surface area contributed by atoms with Crippen LogP contribution < -0.4 is 0 Å². The van der Waals surface area contributed by atoms with Crippen molar-refractivity contribution in [2.75, 3.05) is 0 Å². The molecule has 0 aromatic carbocycles. The molecule has 0 spiro atoms. The Morgan fingerprint density at radius 1 is 0.571 bits per heavy atom. The van der Waals surface area contributed by atoms with E-state index in [1.807, 2.05) is 0 Å². The number of hydrogen-bond donors (Lipinski definition) is 1. The topological polar surface area (TPSA) is 54.4 Å². The molecular formula is C22H46Na2O3S. The summed E-state index contributed by atoms with van der Waals surface area (Å²) < 4.78 is 29.5. The van der Waals surface area contributed by atoms with E-state index in [0.717, 1.165) is 24.7 Å². The molecule has 0 aromatic heterocycles. The van der Waals surface area contributed by atoms with E-state index < -0.39 is 10.1 Å². The van der Waals surface area contributed by atoms with Gasteiger partial charge in [-0.25, -0.2) is 0 Å². The summed E-state index contributed by atoms with van der Waals surface area (Å²) in [6, 6.07) is 0. The fourth-order valence-electron chi connectivity index (χ4n) is 3.35. The minimum absolute atomic E-state index is 0. The van der Waals surface area contributed by atoms with Crippen molar-refractivity contribution in [3.8, 4) is 0 Å². The average molecular weight is 437 g/mol. The molecule has 28 heavy (non-hydrogen) atoms. The van der Waals surface area contributed by atoms with E-state index >= 15 is 0 Å². The number of rotatable bonds is 20. The first-order chi connectivity index (χ1) is 12.6. The third kappa shape index (κ3) is 32.3. The number of allylic oxidation sites excluding steroid dienone is 1. The van der Waals surface area contributed by atoms with Crippen molar-refractivity contribution in [1.82, 2.24) is 0 Å². The maximum absolute atomic E-state index is 10.5. The zero-order valence-corrected chi connectivity index (χ0v) is 18.1. The summed E-state index contributed by atoms with van der Waals surface area (Å²) in [4.78, 5) is 0. The molecular weight excluding hydrogens is 390 g/mol. The monoisotopic (exact) mass is 436 g/mol. The van der Waals surface area contributed by atoms with Crippen LogP contribution in [0.25, 0.3) is 0 Å². The first-order valence-corrected chi connectivity index (χ1v) is 12.7. The van der Waals surface area contributed by atoms with Gasteiger partial charge in [-0.1, -0.05) is 122 Å². The van der Waals surface area contributed by atoms with Crippen LogP contribution in [0.15, 0.2) is 11.5 Å². The normalized spacial score (nSPS) is 11.4. The summed E-state index contributed by atoms with van der Waals surface area (Å²) in [5.74, 6) is 0. The molecule has 0 aromatic rings. The van der Waals surface area contributed by atoms with E-state index in [1.165, 1.54) is 103 Å². The van der Waals surface area contributed by atoms with Gasteiger partial charge in [-0.3, -0.25) is 4.55 Å². The van der Waals surface area contributed by atoms with Crippen LogP contribution in [0.4, 0.5) is 0 Å². The third-order valence-corrected chi connectivity index (χ3v) is 5.53. The molecule has 0 atom stereocenters. The Morgan fingerprint density at radius 2 is 0.857 bits per heavy atom. The van der Waals surface area contributed by atoms with Crippen molar-refractivity contribution in [2.24, 2.45) is 0 Å². The second kappa shape index (κ2) is 26.7. The molecule has 0 unspecified atom stereocenters. The Hall–Kier alpha value is 1.65. The SMILES string of the molecule is CCCCCCCCCCCCCCCCCCCCC=CS(=O)(=O)O.[NaH].[NaH]. The predicted octanol–water partition coefficient (Wildman–Crippen LogP) is 6.52. The molecule has 0 heterocycles. The second-order valence-corrected chi connectivity index (χ2v) is 8.99. The standard InChI is InChI=1S/C22H44O3S.2Na.2H/c1-2-3-4-5-6-7-8-9-10-11-12-13-14-15-16-17-18-19-20-21-22-26(23,24)25;;;;/h21-22H,2-20H2,1H3,(H,23,24,25);;;;. The zero-order valence-electron chi connectivity index (χ0n) is 17.3. The van der Waals surface area contributed by atoms with Crippen LogP contribution in [0.1, 0.15) is 129 Å². The third-order valence-electron chi connectivity index (χ3n) is 4.99. The van der Waals surface area contributed by atoms with Crippen molar-refractivity contribution in [2.45, 2.75) is 129 Å². The van der Waals surface area contributed by atoms with Crippen molar-refractivity contribution >= 4 is 69.2 Å². The van der Waals surface area contributed by atoms with Gasteiger partial charge < -0.3 is 0 Å². The van der Waals surface area contributed by atoms with Gasteiger partial charge in [-0.2, -0.15) is 8.42 Å². The molecule has 0 aliphatic heterocycles. The van der Waals surface area contributed by atoms with Crippen LogP contribution in [0.5, 0.6) is 0 Å². The Kier molecular flexibility index (Phi) is 32.7. The predicted molar refractivity (Wildman–Crippen MR) is 128 cm³/mol. The van der Waals surface area contributed by atoms with Crippen molar-refractivity contribution in [3.63, 3.8) is 0 Å². The van der Waals surface area contributed by atoms with Crippen LogP contribution in [-0.2, 0) is 10.1 Å². The Morgan fingerprint density at radius 3 is 1.14 bits per heavy atom. The van der Waals surface area contributed by atoms with Crippen LogP contribution in [0.2, 0.25) is 0 Å². The van der Waals surface area contributed by atoms with E-state index in [0.29, 0.717) is 0 Å². The van der Waals surface area contributed by atoms with Crippen molar-refractivity contribution < 1.29 is 13.0 Å². The van der Waals surface area contributed by atoms with Crippen LogP contribution in [-0.4, -0.2) is 72.1 Å². The van der Waals surface area contributed by atoms with Gasteiger partial charge in [0, 0.05) is 0 Å². The van der Waals surface area contributed by atoms with Crippen LogP contribution in [0, 0.1) is 0 Å². The Labute approximate surface area is 220 Å². The first-order valence-electron chi connectivity index (χ1n) is 11.2. The molecule has 0 bridgehead atoms. The summed E-state index contributed by atoms with van der Waals surface area (Å²) in [6.45, 7) is 2.28. The summed E-state index contributed by atoms with van der Waals surface area (Å²) in [5, 5.41) is 0.889. The van der Waals surface area contributed by atoms with Gasteiger partial charge in [-0.05, 0) is 12.8 Å². The van der Waals surface area contributed by atoms with Gasteiger partial charge in [0.25, 0.3) is 10.1 Å². The molecule has 6 heteroatoms. The van der Waals surface area contributed by atoms with Crippen molar-refractivity contribution in [1.29, 1.82) is 0 Å². The zero-order chi connectivity index (χ0) is 19.3. The molecule has 3 nitrogen and oxygen atoms in total. The van der Waals surface area contributed by atoms with Gasteiger partial charge in [0.1, 0.15) is 0 Å². The Balaban J connectivity index is -0.00000312. The van der Waals surface area contributed by atoms with Gasteiger partial charge >= 0.3 is 59.1 Å². The summed E-state index contributed by atoms with van der Waals surface area (Å²) in [5.41, 5.74) is 0. The fraction of sp³-hybridized carbons (Fsp3) is 0.909. The molecule has 160 valence electrons. The molecule has 0 fully saturated rings. The molecule has 0 aliphatic carbocycles. The maximum atomic E-state index is 10.5. The molecule has 0 rings (SSSR count). The Bertz CT molecular complexity index is 412. The van der Waals surface area contributed by atoms with E-state index in [9.17, 15) is 8.42 Å². The summed E-state index contributed by atoms with van der Waals surface area (Å²) >= 11 is 0. The molecule has 0 saturated carbocycles. The minimum atomic E-state index is -3.93. The molecule has 1 N–H and O–H groups in total. The number of unbranched alkanes of at least 4 members (excludes halogenated alkanes) is 18. The van der Waals surface area contributed by atoms with Crippen LogP contribution >= 0.6 is 0 Å². The fourth-order valence-corrected chi connectivity index (χ4v) is 3.73.